The van der Waals surface area contributed by atoms with Gasteiger partial charge in [0.05, 0.1) is 10.6 Å². The zero-order valence-corrected chi connectivity index (χ0v) is 21.8. The van der Waals surface area contributed by atoms with Gasteiger partial charge in [0, 0.05) is 6.54 Å². The van der Waals surface area contributed by atoms with Crippen molar-refractivity contribution in [2.24, 2.45) is 5.92 Å². The van der Waals surface area contributed by atoms with Crippen LogP contribution in [0.1, 0.15) is 23.6 Å². The molecule has 186 valence electrons. The first-order chi connectivity index (χ1) is 17.3. The number of sulfonamides is 1. The van der Waals surface area contributed by atoms with Crippen molar-refractivity contribution >= 4 is 32.4 Å². The number of fused-ring (bicyclic) bond motifs is 1. The monoisotopic (exact) mass is 500 g/mol. The molecule has 0 aliphatic rings. The molecule has 0 aromatic heterocycles. The van der Waals surface area contributed by atoms with Crippen molar-refractivity contribution in [1.82, 2.24) is 5.32 Å². The van der Waals surface area contributed by atoms with Crippen molar-refractivity contribution in [3.8, 4) is 0 Å². The fourth-order valence-electron chi connectivity index (χ4n) is 4.37. The third-order valence-corrected chi connectivity index (χ3v) is 8.15. The third kappa shape index (κ3) is 5.77. The minimum absolute atomic E-state index is 0.161. The van der Waals surface area contributed by atoms with E-state index in [4.69, 9.17) is 0 Å². The fraction of sp³-hybridized carbons (Fsp3) is 0.233. The van der Waals surface area contributed by atoms with Crippen LogP contribution in [0, 0.1) is 19.8 Å². The predicted octanol–water partition coefficient (Wildman–Crippen LogP) is 5.65. The van der Waals surface area contributed by atoms with Crippen LogP contribution < -0.4 is 9.62 Å². The van der Waals surface area contributed by atoms with Crippen molar-refractivity contribution < 1.29 is 13.2 Å². The van der Waals surface area contributed by atoms with Crippen LogP contribution >= 0.6 is 0 Å². The molecule has 4 aromatic carbocycles. The molecule has 0 spiro atoms. The van der Waals surface area contributed by atoms with Crippen LogP contribution in [0.25, 0.3) is 10.8 Å². The molecule has 4 rings (SSSR count). The van der Waals surface area contributed by atoms with Crippen LogP contribution in [0.3, 0.4) is 0 Å². The van der Waals surface area contributed by atoms with Crippen LogP contribution in [-0.2, 0) is 21.2 Å². The Hall–Kier alpha value is -3.64. The summed E-state index contributed by atoms with van der Waals surface area (Å²) in [6.07, 6.45) is 0.810. The summed E-state index contributed by atoms with van der Waals surface area (Å²) in [6.45, 7) is 6.00. The van der Waals surface area contributed by atoms with E-state index in [0.29, 0.717) is 12.2 Å². The van der Waals surface area contributed by atoms with Crippen molar-refractivity contribution in [3.05, 3.63) is 108 Å². The third-order valence-electron chi connectivity index (χ3n) is 6.38. The summed E-state index contributed by atoms with van der Waals surface area (Å²) >= 11 is 0. The molecule has 36 heavy (non-hydrogen) atoms. The number of hydrogen-bond donors (Lipinski definition) is 1. The number of carbonyl (C=O) groups is 1. The second-order valence-corrected chi connectivity index (χ2v) is 11.2. The maximum Gasteiger partial charge on any atom is 0.264 e. The lowest BCUT2D eigenvalue weighted by atomic mass is 9.96. The number of amides is 1. The number of nitrogens with one attached hydrogen (secondary N) is 1. The molecule has 1 atom stereocenters. The van der Waals surface area contributed by atoms with Gasteiger partial charge in [-0.2, -0.15) is 0 Å². The Morgan fingerprint density at radius 1 is 0.861 bits per heavy atom. The lowest BCUT2D eigenvalue weighted by Crippen LogP contribution is -2.42. The first-order valence-corrected chi connectivity index (χ1v) is 13.6. The summed E-state index contributed by atoms with van der Waals surface area (Å²) < 4.78 is 28.4. The zero-order valence-electron chi connectivity index (χ0n) is 20.9. The molecule has 1 unspecified atom stereocenters. The predicted molar refractivity (Wildman–Crippen MR) is 147 cm³/mol. The van der Waals surface area contributed by atoms with Gasteiger partial charge in [-0.15, -0.1) is 0 Å². The molecular formula is C30H32N2O3S. The standard InChI is InChI=1S/C30H32N2O3S/c1-22-15-17-27(18-16-22)36(34,35)32(29-14-7-4-9-24(29)3)21-30(33)31-20-23(2)19-26-12-8-11-25-10-5-6-13-28(25)26/h4-18,23H,19-21H2,1-3H3,(H,31,33). The molecule has 0 fully saturated rings. The molecule has 1 amide bonds. The number of aryl methyl sites for hydroxylation is 2. The van der Waals surface area contributed by atoms with Gasteiger partial charge in [0.15, 0.2) is 0 Å². The Bertz CT molecular complexity index is 1460. The van der Waals surface area contributed by atoms with Gasteiger partial charge < -0.3 is 5.32 Å². The number of hydrogen-bond acceptors (Lipinski definition) is 3. The summed E-state index contributed by atoms with van der Waals surface area (Å²) in [5, 5.41) is 5.37. The Balaban J connectivity index is 1.49. The average molecular weight is 501 g/mol. The number of anilines is 1. The topological polar surface area (TPSA) is 66.5 Å². The van der Waals surface area contributed by atoms with Crippen molar-refractivity contribution in [1.29, 1.82) is 0 Å². The molecule has 0 aliphatic heterocycles. The van der Waals surface area contributed by atoms with E-state index in [9.17, 15) is 13.2 Å². The maximum atomic E-state index is 13.6. The van der Waals surface area contributed by atoms with E-state index in [2.05, 4.69) is 42.6 Å². The highest BCUT2D eigenvalue weighted by molar-refractivity contribution is 7.92. The fourth-order valence-corrected chi connectivity index (χ4v) is 5.86. The van der Waals surface area contributed by atoms with Crippen LogP contribution in [0.15, 0.2) is 95.9 Å². The highest BCUT2D eigenvalue weighted by Gasteiger charge is 2.28. The molecule has 0 bridgehead atoms. The number of rotatable bonds is 9. The van der Waals surface area contributed by atoms with E-state index >= 15 is 0 Å². The minimum Gasteiger partial charge on any atom is -0.354 e. The highest BCUT2D eigenvalue weighted by atomic mass is 32.2. The van der Waals surface area contributed by atoms with Gasteiger partial charge in [-0.3, -0.25) is 9.10 Å². The van der Waals surface area contributed by atoms with Crippen LogP contribution in [0.5, 0.6) is 0 Å². The Kier molecular flexibility index (Phi) is 7.75. The zero-order chi connectivity index (χ0) is 25.7. The van der Waals surface area contributed by atoms with Crippen LogP contribution in [-0.4, -0.2) is 27.4 Å². The number of nitrogens with zero attached hydrogens (tertiary/aromatic N) is 1. The second kappa shape index (κ2) is 11.0. The first-order valence-electron chi connectivity index (χ1n) is 12.1. The van der Waals surface area contributed by atoms with E-state index in [-0.39, 0.29) is 23.3 Å². The number of para-hydroxylation sites is 1. The SMILES string of the molecule is Cc1ccc(S(=O)(=O)N(CC(=O)NCC(C)Cc2cccc3ccccc23)c2ccccc2C)cc1. The highest BCUT2D eigenvalue weighted by Crippen LogP contribution is 2.27. The van der Waals surface area contributed by atoms with Gasteiger partial charge in [-0.1, -0.05) is 85.3 Å². The lowest BCUT2D eigenvalue weighted by molar-refractivity contribution is -0.119. The smallest absolute Gasteiger partial charge is 0.264 e. The Morgan fingerprint density at radius 3 is 2.28 bits per heavy atom. The molecule has 0 radical (unpaired) electrons. The molecule has 0 saturated carbocycles. The lowest BCUT2D eigenvalue weighted by Gasteiger charge is -2.26. The summed E-state index contributed by atoms with van der Waals surface area (Å²) in [4.78, 5) is 13.2. The molecular weight excluding hydrogens is 468 g/mol. The first kappa shape index (κ1) is 25.5. The Labute approximate surface area is 213 Å². The van der Waals surface area contributed by atoms with E-state index in [1.54, 1.807) is 36.4 Å². The van der Waals surface area contributed by atoms with Crippen LogP contribution in [0.4, 0.5) is 5.69 Å². The summed E-state index contributed by atoms with van der Waals surface area (Å²) in [7, 11) is -3.93. The molecule has 6 heteroatoms. The number of carbonyl (C=O) groups excluding carboxylic acids is 1. The van der Waals surface area contributed by atoms with Gasteiger partial charge in [-0.25, -0.2) is 8.42 Å². The van der Waals surface area contributed by atoms with Gasteiger partial charge in [0.1, 0.15) is 6.54 Å². The molecule has 0 aliphatic carbocycles. The molecule has 4 aromatic rings. The summed E-state index contributed by atoms with van der Waals surface area (Å²) in [5.41, 5.74) is 3.48. The average Bonchev–Trinajstić information content (AvgIpc) is 2.87. The van der Waals surface area contributed by atoms with Gasteiger partial charge in [0.2, 0.25) is 5.91 Å². The summed E-state index contributed by atoms with van der Waals surface area (Å²) in [6, 6.07) is 28.5. The van der Waals surface area contributed by atoms with Crippen LogP contribution in [0.2, 0.25) is 0 Å². The van der Waals surface area contributed by atoms with Crippen molar-refractivity contribution in [3.63, 3.8) is 0 Å². The van der Waals surface area contributed by atoms with Crippen molar-refractivity contribution in [2.45, 2.75) is 32.1 Å². The Morgan fingerprint density at radius 2 is 1.53 bits per heavy atom. The van der Waals surface area contributed by atoms with Gasteiger partial charge in [0.25, 0.3) is 10.0 Å². The molecule has 1 N–H and O–H groups in total. The quantitative estimate of drug-likeness (QED) is 0.323. The molecule has 0 heterocycles. The van der Waals surface area contributed by atoms with E-state index in [0.717, 1.165) is 17.5 Å². The van der Waals surface area contributed by atoms with Gasteiger partial charge >= 0.3 is 0 Å². The number of benzene rings is 4. The normalized spacial score (nSPS) is 12.3. The van der Waals surface area contributed by atoms with Crippen molar-refractivity contribution in [2.75, 3.05) is 17.4 Å². The maximum absolute atomic E-state index is 13.6. The van der Waals surface area contributed by atoms with E-state index < -0.39 is 10.0 Å². The second-order valence-electron chi connectivity index (χ2n) is 9.36. The largest absolute Gasteiger partial charge is 0.354 e. The summed E-state index contributed by atoms with van der Waals surface area (Å²) in [5.74, 6) is -0.154. The van der Waals surface area contributed by atoms with Gasteiger partial charge in [-0.05, 0) is 66.3 Å². The van der Waals surface area contributed by atoms with E-state index in [1.807, 2.05) is 38.1 Å². The minimum atomic E-state index is -3.93. The molecule has 5 nitrogen and oxygen atoms in total. The molecule has 0 saturated heterocycles. The van der Waals surface area contributed by atoms with E-state index in [1.165, 1.54) is 20.6 Å².